The van der Waals surface area contributed by atoms with Gasteiger partial charge < -0.3 is 9.84 Å². The van der Waals surface area contributed by atoms with Crippen LogP contribution in [0.1, 0.15) is 12.5 Å². The monoisotopic (exact) mass is 263 g/mol. The van der Waals surface area contributed by atoms with Gasteiger partial charge in [0.1, 0.15) is 0 Å². The second kappa shape index (κ2) is 6.68. The van der Waals surface area contributed by atoms with Gasteiger partial charge in [-0.1, -0.05) is 37.3 Å². The normalized spacial score (nSPS) is 22.8. The Balaban J connectivity index is 1.94. The number of nitrogens with zero attached hydrogens (tertiary/aromatic N) is 1. The minimum absolute atomic E-state index is 0.00575. The predicted octanol–water partition coefficient (Wildman–Crippen LogP) is 1.65. The summed E-state index contributed by atoms with van der Waals surface area (Å²) < 4.78 is 5.34. The molecule has 1 aliphatic heterocycles. The summed E-state index contributed by atoms with van der Waals surface area (Å²) in [5.74, 6) is -1.14. The Labute approximate surface area is 114 Å². The van der Waals surface area contributed by atoms with E-state index in [-0.39, 0.29) is 6.04 Å². The van der Waals surface area contributed by atoms with E-state index in [9.17, 15) is 9.90 Å². The van der Waals surface area contributed by atoms with Crippen LogP contribution in [-0.4, -0.2) is 48.3 Å². The third kappa shape index (κ3) is 3.55. The Morgan fingerprint density at radius 2 is 2.11 bits per heavy atom. The van der Waals surface area contributed by atoms with E-state index < -0.39 is 11.9 Å². The second-order valence-corrected chi connectivity index (χ2v) is 4.91. The molecule has 1 heterocycles. The van der Waals surface area contributed by atoms with Gasteiger partial charge in [0.2, 0.25) is 0 Å². The number of likely N-dealkylation sites (N-methyl/N-ethyl adjacent to an activating group) is 1. The molecule has 2 unspecified atom stereocenters. The van der Waals surface area contributed by atoms with Crippen molar-refractivity contribution in [1.29, 1.82) is 0 Å². The molecule has 4 nitrogen and oxygen atoms in total. The topological polar surface area (TPSA) is 49.8 Å². The minimum Gasteiger partial charge on any atom is -0.481 e. The van der Waals surface area contributed by atoms with E-state index >= 15 is 0 Å². The molecule has 19 heavy (non-hydrogen) atoms. The number of hydrogen-bond acceptors (Lipinski definition) is 3. The Hall–Kier alpha value is -1.39. The molecule has 1 saturated heterocycles. The summed E-state index contributed by atoms with van der Waals surface area (Å²) in [5.41, 5.74) is 1.28. The molecule has 0 bridgehead atoms. The number of hydrogen-bond donors (Lipinski definition) is 1. The van der Waals surface area contributed by atoms with Crippen molar-refractivity contribution >= 4 is 5.97 Å². The van der Waals surface area contributed by atoms with Crippen LogP contribution in [0.15, 0.2) is 30.3 Å². The smallest absolute Gasteiger partial charge is 0.310 e. The Morgan fingerprint density at radius 1 is 1.37 bits per heavy atom. The number of carbonyl (C=O) groups is 1. The fourth-order valence-electron chi connectivity index (χ4n) is 2.61. The molecule has 1 aliphatic rings. The van der Waals surface area contributed by atoms with Gasteiger partial charge in [-0.25, -0.2) is 0 Å². The lowest BCUT2D eigenvalue weighted by Crippen LogP contribution is -2.44. The summed E-state index contributed by atoms with van der Waals surface area (Å²) in [6, 6.07) is 10.3. The third-order valence-electron chi connectivity index (χ3n) is 3.77. The summed E-state index contributed by atoms with van der Waals surface area (Å²) in [4.78, 5) is 13.4. The van der Waals surface area contributed by atoms with Crippen LogP contribution in [0, 0.1) is 5.92 Å². The zero-order valence-corrected chi connectivity index (χ0v) is 11.3. The lowest BCUT2D eigenvalue weighted by atomic mass is 10.0. The van der Waals surface area contributed by atoms with Crippen LogP contribution in [0.3, 0.4) is 0 Å². The number of carboxylic acids is 1. The molecule has 4 heteroatoms. The molecule has 0 radical (unpaired) electrons. The maximum Gasteiger partial charge on any atom is 0.310 e. The summed E-state index contributed by atoms with van der Waals surface area (Å²) in [6.07, 6.45) is 0.942. The number of aliphatic carboxylic acids is 1. The van der Waals surface area contributed by atoms with Crippen LogP contribution in [0.25, 0.3) is 0 Å². The van der Waals surface area contributed by atoms with Gasteiger partial charge in [-0.15, -0.1) is 0 Å². The molecule has 0 aromatic heterocycles. The highest BCUT2D eigenvalue weighted by molar-refractivity contribution is 5.71. The Bertz CT molecular complexity index is 407. The average molecular weight is 263 g/mol. The van der Waals surface area contributed by atoms with Crippen LogP contribution in [0.2, 0.25) is 0 Å². The van der Waals surface area contributed by atoms with Gasteiger partial charge in [-0.3, -0.25) is 9.69 Å². The molecule has 0 spiro atoms. The molecule has 0 aliphatic carbocycles. The second-order valence-electron chi connectivity index (χ2n) is 4.91. The van der Waals surface area contributed by atoms with Crippen LogP contribution < -0.4 is 0 Å². The van der Waals surface area contributed by atoms with Crippen LogP contribution in [0.4, 0.5) is 0 Å². The molecule has 2 rings (SSSR count). The van der Waals surface area contributed by atoms with Gasteiger partial charge in [-0.2, -0.15) is 0 Å². The molecule has 0 saturated carbocycles. The number of ether oxygens (including phenoxy) is 1. The first-order valence-electron chi connectivity index (χ1n) is 6.81. The van der Waals surface area contributed by atoms with E-state index in [0.717, 1.165) is 19.5 Å². The number of carboxylic acid groups (broad SMARTS) is 1. The van der Waals surface area contributed by atoms with Crippen molar-refractivity contribution in [2.45, 2.75) is 19.4 Å². The van der Waals surface area contributed by atoms with Gasteiger partial charge in [0.15, 0.2) is 0 Å². The molecular formula is C15H21NO3. The van der Waals surface area contributed by atoms with Gasteiger partial charge in [0.05, 0.1) is 19.1 Å². The average Bonchev–Trinajstić information content (AvgIpc) is 2.90. The first kappa shape index (κ1) is 14.0. The fraction of sp³-hybridized carbons (Fsp3) is 0.533. The van der Waals surface area contributed by atoms with Gasteiger partial charge in [0, 0.05) is 12.6 Å². The molecule has 1 fully saturated rings. The zero-order chi connectivity index (χ0) is 13.7. The molecule has 1 aromatic rings. The minimum atomic E-state index is -0.749. The lowest BCUT2D eigenvalue weighted by Gasteiger charge is -2.29. The largest absolute Gasteiger partial charge is 0.481 e. The highest BCUT2D eigenvalue weighted by atomic mass is 16.5. The van der Waals surface area contributed by atoms with E-state index in [1.54, 1.807) is 0 Å². The first-order valence-corrected chi connectivity index (χ1v) is 6.81. The van der Waals surface area contributed by atoms with Crippen LogP contribution in [0.5, 0.6) is 0 Å². The molecule has 2 atom stereocenters. The van der Waals surface area contributed by atoms with Crippen molar-refractivity contribution in [3.05, 3.63) is 35.9 Å². The van der Waals surface area contributed by atoms with Crippen molar-refractivity contribution < 1.29 is 14.6 Å². The van der Waals surface area contributed by atoms with Crippen molar-refractivity contribution in [1.82, 2.24) is 4.90 Å². The molecule has 1 aromatic carbocycles. The standard InChI is InChI=1S/C15H21NO3/c1-2-16(9-8-12-6-4-3-5-7-12)14-11-19-10-13(14)15(17)18/h3-7,13-14H,2,8-11H2,1H3,(H,17,18). The summed E-state index contributed by atoms with van der Waals surface area (Å²) in [7, 11) is 0. The summed E-state index contributed by atoms with van der Waals surface area (Å²) >= 11 is 0. The van der Waals surface area contributed by atoms with Crippen LogP contribution in [-0.2, 0) is 16.0 Å². The Morgan fingerprint density at radius 3 is 2.74 bits per heavy atom. The van der Waals surface area contributed by atoms with Gasteiger partial charge >= 0.3 is 5.97 Å². The maximum absolute atomic E-state index is 11.2. The molecule has 1 N–H and O–H groups in total. The van der Waals surface area contributed by atoms with Crippen molar-refractivity contribution in [2.75, 3.05) is 26.3 Å². The van der Waals surface area contributed by atoms with Crippen LogP contribution >= 0.6 is 0 Å². The zero-order valence-electron chi connectivity index (χ0n) is 11.3. The highest BCUT2D eigenvalue weighted by Crippen LogP contribution is 2.20. The Kier molecular flexibility index (Phi) is 4.93. The quantitative estimate of drug-likeness (QED) is 0.848. The van der Waals surface area contributed by atoms with E-state index in [1.165, 1.54) is 5.56 Å². The summed E-state index contributed by atoms with van der Waals surface area (Å²) in [5, 5.41) is 9.21. The molecule has 104 valence electrons. The van der Waals surface area contributed by atoms with Crippen molar-refractivity contribution in [3.63, 3.8) is 0 Å². The summed E-state index contributed by atoms with van der Waals surface area (Å²) in [6.45, 7) is 4.66. The molecular weight excluding hydrogens is 242 g/mol. The third-order valence-corrected chi connectivity index (χ3v) is 3.77. The maximum atomic E-state index is 11.2. The highest BCUT2D eigenvalue weighted by Gasteiger charge is 2.37. The predicted molar refractivity (Wildman–Crippen MR) is 73.1 cm³/mol. The fourth-order valence-corrected chi connectivity index (χ4v) is 2.61. The lowest BCUT2D eigenvalue weighted by molar-refractivity contribution is -0.143. The number of rotatable bonds is 6. The van der Waals surface area contributed by atoms with E-state index in [0.29, 0.717) is 13.2 Å². The van der Waals surface area contributed by atoms with E-state index in [1.807, 2.05) is 18.2 Å². The number of benzene rings is 1. The SMILES string of the molecule is CCN(CCc1ccccc1)C1COCC1C(=O)O. The first-order chi connectivity index (χ1) is 9.22. The van der Waals surface area contributed by atoms with Gasteiger partial charge in [0.25, 0.3) is 0 Å². The van der Waals surface area contributed by atoms with Crippen molar-refractivity contribution in [3.8, 4) is 0 Å². The van der Waals surface area contributed by atoms with E-state index in [2.05, 4.69) is 24.0 Å². The van der Waals surface area contributed by atoms with Gasteiger partial charge in [-0.05, 0) is 18.5 Å². The van der Waals surface area contributed by atoms with Crippen molar-refractivity contribution in [2.24, 2.45) is 5.92 Å². The molecule has 0 amide bonds. The van der Waals surface area contributed by atoms with E-state index in [4.69, 9.17) is 4.74 Å².